The largest absolute Gasteiger partial charge is 0.573 e. The van der Waals surface area contributed by atoms with Crippen molar-refractivity contribution < 1.29 is 44.3 Å². The Hall–Kier alpha value is -0.600. The van der Waals surface area contributed by atoms with Crippen LogP contribution in [0.5, 0.6) is 5.75 Å². The van der Waals surface area contributed by atoms with Gasteiger partial charge in [0.05, 0.1) is 5.69 Å². The lowest BCUT2D eigenvalue weighted by Gasteiger charge is -2.32. The van der Waals surface area contributed by atoms with Gasteiger partial charge in [0.25, 0.3) is 0 Å². The summed E-state index contributed by atoms with van der Waals surface area (Å²) >= 11 is 2.43. The van der Waals surface area contributed by atoms with Crippen LogP contribution in [-0.2, 0) is 5.67 Å². The van der Waals surface area contributed by atoms with Crippen LogP contribution in [0.3, 0.4) is 0 Å². The molecular weight excluding hydrogens is 528 g/mol. The summed E-state index contributed by atoms with van der Waals surface area (Å²) in [6, 6.07) is 0.0788. The van der Waals surface area contributed by atoms with Crippen molar-refractivity contribution in [3.8, 4) is 5.75 Å². The number of rotatable bonds is 3. The molecule has 0 heterocycles. The predicted molar refractivity (Wildman–Crippen MR) is 73.0 cm³/mol. The zero-order valence-electron chi connectivity index (χ0n) is 10.3. The van der Waals surface area contributed by atoms with E-state index >= 15 is 0 Å². The van der Waals surface area contributed by atoms with Crippen LogP contribution in [0.1, 0.15) is 5.56 Å². The van der Waals surface area contributed by atoms with Gasteiger partial charge in [-0.05, 0) is 50.7 Å². The van der Waals surface area contributed by atoms with Crippen molar-refractivity contribution in [3.05, 3.63) is 21.3 Å². The summed E-state index contributed by atoms with van der Waals surface area (Å²) in [6.45, 7) is 0. The van der Waals surface area contributed by atoms with E-state index < -0.39 is 43.6 Å². The lowest BCUT2D eigenvalue weighted by molar-refractivity contribution is -0.282. The maximum atomic E-state index is 14.2. The summed E-state index contributed by atoms with van der Waals surface area (Å²) < 4.78 is 118. The highest BCUT2D eigenvalue weighted by Crippen LogP contribution is 2.56. The van der Waals surface area contributed by atoms with E-state index in [1.54, 1.807) is 0 Å². The smallest absolute Gasteiger partial charge is 0.404 e. The van der Waals surface area contributed by atoms with E-state index in [1.165, 1.54) is 15.9 Å². The quantitative estimate of drug-likeness (QED) is 0.242. The van der Waals surface area contributed by atoms with Gasteiger partial charge in [-0.2, -0.15) is 22.0 Å². The molecule has 0 aliphatic rings. The Bertz CT molecular complexity index is 582. The lowest BCUT2D eigenvalue weighted by Crippen LogP contribution is -2.49. The van der Waals surface area contributed by atoms with Gasteiger partial charge in [0.2, 0.25) is 0 Å². The van der Waals surface area contributed by atoms with Gasteiger partial charge in [0, 0.05) is 9.13 Å². The van der Waals surface area contributed by atoms with Crippen molar-refractivity contribution in [3.63, 3.8) is 0 Å². The molecule has 2 N–H and O–H groups in total. The summed E-state index contributed by atoms with van der Waals surface area (Å²) in [5.74, 6) is -1.43. The molecule has 0 aliphatic carbocycles. The number of nitrogen functional groups attached to an aromatic ring is 1. The summed E-state index contributed by atoms with van der Waals surface area (Å²) in [4.78, 5) is -5.16. The first-order chi connectivity index (χ1) is 10.0. The molecule has 1 atom stereocenters. The number of anilines is 1. The molecular formula is C10H4BrF9INO. The van der Waals surface area contributed by atoms with Crippen LogP contribution in [0.2, 0.25) is 0 Å². The van der Waals surface area contributed by atoms with Crippen molar-refractivity contribution in [1.29, 1.82) is 0 Å². The van der Waals surface area contributed by atoms with E-state index in [-0.39, 0.29) is 12.1 Å². The Morgan fingerprint density at radius 2 is 1.43 bits per heavy atom. The second-order valence-corrected chi connectivity index (χ2v) is 6.23. The molecule has 0 spiro atoms. The zero-order valence-corrected chi connectivity index (χ0v) is 14.0. The van der Waals surface area contributed by atoms with Gasteiger partial charge in [0.15, 0.2) is 5.75 Å². The fourth-order valence-electron chi connectivity index (χ4n) is 1.49. The van der Waals surface area contributed by atoms with E-state index in [1.807, 2.05) is 0 Å². The monoisotopic (exact) mass is 531 g/mol. The van der Waals surface area contributed by atoms with E-state index in [9.17, 15) is 39.5 Å². The second-order valence-electron chi connectivity index (χ2n) is 4.07. The minimum absolute atomic E-state index is 0.173. The van der Waals surface area contributed by atoms with Crippen molar-refractivity contribution in [2.75, 3.05) is 5.73 Å². The Morgan fingerprint density at radius 3 is 1.78 bits per heavy atom. The first kappa shape index (κ1) is 20.4. The third-order valence-corrected chi connectivity index (χ3v) is 3.94. The molecule has 132 valence electrons. The molecule has 1 rings (SSSR count). The highest BCUT2D eigenvalue weighted by molar-refractivity contribution is 14.1. The molecule has 0 aliphatic heterocycles. The van der Waals surface area contributed by atoms with Crippen LogP contribution in [0, 0.1) is 3.57 Å². The van der Waals surface area contributed by atoms with Crippen LogP contribution >= 0.6 is 38.5 Å². The SMILES string of the molecule is Nc1c(I)cc(C(F)(C(F)(F)F)C(F)(F)Br)cc1OC(F)(F)F. The maximum absolute atomic E-state index is 14.2. The summed E-state index contributed by atoms with van der Waals surface area (Å²) in [5, 5.41) is 0. The third-order valence-electron chi connectivity index (χ3n) is 2.50. The number of halogens is 11. The van der Waals surface area contributed by atoms with Crippen LogP contribution < -0.4 is 10.5 Å². The molecule has 23 heavy (non-hydrogen) atoms. The van der Waals surface area contributed by atoms with Crippen molar-refractivity contribution >= 4 is 44.2 Å². The molecule has 0 saturated heterocycles. The number of hydrogen-bond acceptors (Lipinski definition) is 2. The molecule has 0 fully saturated rings. The van der Waals surface area contributed by atoms with E-state index in [2.05, 4.69) is 4.74 Å². The summed E-state index contributed by atoms with van der Waals surface area (Å²) in [5.41, 5.74) is -2.71. The fraction of sp³-hybridized carbons (Fsp3) is 0.400. The molecule has 1 aromatic carbocycles. The van der Waals surface area contributed by atoms with Gasteiger partial charge in [0.1, 0.15) is 0 Å². The van der Waals surface area contributed by atoms with E-state index in [4.69, 9.17) is 5.73 Å². The minimum atomic E-state index is -6.14. The summed E-state index contributed by atoms with van der Waals surface area (Å²) in [7, 11) is 0. The number of hydrogen-bond donors (Lipinski definition) is 1. The number of nitrogens with two attached hydrogens (primary N) is 1. The highest BCUT2D eigenvalue weighted by Gasteiger charge is 2.71. The Kier molecular flexibility index (Phi) is 5.37. The highest BCUT2D eigenvalue weighted by atomic mass is 127. The van der Waals surface area contributed by atoms with Gasteiger partial charge in [-0.3, -0.25) is 0 Å². The zero-order chi connectivity index (χ0) is 18.4. The molecule has 1 unspecified atom stereocenters. The van der Waals surface area contributed by atoms with E-state index in [0.717, 1.165) is 22.6 Å². The second kappa shape index (κ2) is 6.04. The molecule has 2 nitrogen and oxygen atoms in total. The average Bonchev–Trinajstić information content (AvgIpc) is 2.29. The van der Waals surface area contributed by atoms with E-state index in [0.29, 0.717) is 0 Å². The van der Waals surface area contributed by atoms with Crippen LogP contribution in [0.15, 0.2) is 12.1 Å². The first-order valence-corrected chi connectivity index (χ1v) is 7.05. The number of benzene rings is 1. The molecule has 13 heteroatoms. The normalized spacial score (nSPS) is 16.1. The molecule has 0 bridgehead atoms. The number of alkyl halides is 10. The Morgan fingerprint density at radius 1 is 0.957 bits per heavy atom. The topological polar surface area (TPSA) is 35.2 Å². The Labute approximate surface area is 144 Å². The summed E-state index contributed by atoms with van der Waals surface area (Å²) in [6.07, 6.45) is -11.5. The molecule has 0 radical (unpaired) electrons. The van der Waals surface area contributed by atoms with Gasteiger partial charge >= 0.3 is 23.0 Å². The van der Waals surface area contributed by atoms with Crippen molar-refractivity contribution in [1.82, 2.24) is 0 Å². The van der Waals surface area contributed by atoms with Crippen LogP contribution in [0.4, 0.5) is 45.2 Å². The predicted octanol–water partition coefficient (Wildman–Crippen LogP) is 5.49. The van der Waals surface area contributed by atoms with Gasteiger partial charge < -0.3 is 10.5 Å². The van der Waals surface area contributed by atoms with Crippen molar-refractivity contribution in [2.24, 2.45) is 0 Å². The molecule has 1 aromatic rings. The standard InChI is InChI=1S/C10H4BrF9INO/c11-8(13,14)7(12,9(15,16)17)3-1-4(21)6(22)5(2-3)23-10(18,19)20/h1-2H,22H2. The van der Waals surface area contributed by atoms with Crippen LogP contribution in [0.25, 0.3) is 0 Å². The molecule has 0 amide bonds. The first-order valence-electron chi connectivity index (χ1n) is 5.18. The van der Waals surface area contributed by atoms with Gasteiger partial charge in [-0.1, -0.05) is 0 Å². The fourth-order valence-corrected chi connectivity index (χ4v) is 2.54. The number of ether oxygens (including phenoxy) is 1. The third kappa shape index (κ3) is 4.09. The molecule has 0 saturated carbocycles. The average molecular weight is 532 g/mol. The lowest BCUT2D eigenvalue weighted by atomic mass is 9.94. The van der Waals surface area contributed by atoms with Gasteiger partial charge in [-0.15, -0.1) is 13.2 Å². The van der Waals surface area contributed by atoms with Crippen molar-refractivity contribution in [2.45, 2.75) is 23.0 Å². The van der Waals surface area contributed by atoms with Gasteiger partial charge in [-0.25, -0.2) is 4.39 Å². The maximum Gasteiger partial charge on any atom is 0.573 e. The molecule has 0 aromatic heterocycles. The Balaban J connectivity index is 3.64. The van der Waals surface area contributed by atoms with Crippen LogP contribution in [-0.4, -0.2) is 17.4 Å². The minimum Gasteiger partial charge on any atom is -0.404 e.